The van der Waals surface area contributed by atoms with Crippen molar-refractivity contribution in [2.45, 2.75) is 51.6 Å². The molecule has 1 heterocycles. The molecule has 1 aliphatic heterocycles. The Morgan fingerprint density at radius 2 is 1.88 bits per heavy atom. The van der Waals surface area contributed by atoms with Gasteiger partial charge >= 0.3 is 11.9 Å². The summed E-state index contributed by atoms with van der Waals surface area (Å²) in [6.07, 6.45) is 6.76. The Bertz CT molecular complexity index is 533. The zero-order valence-corrected chi connectivity index (χ0v) is 15.0. The number of allylic oxidation sites excluding steroid dienone is 2. The molecule has 3 rings (SSSR count). The third kappa shape index (κ3) is 3.37. The molecular formula is C19H29NO4. The number of methoxy groups -OCH3 is 1. The highest BCUT2D eigenvalue weighted by Crippen LogP contribution is 2.45. The van der Waals surface area contributed by atoms with Gasteiger partial charge in [-0.3, -0.25) is 9.59 Å². The summed E-state index contributed by atoms with van der Waals surface area (Å²) in [4.78, 5) is 25.2. The highest BCUT2D eigenvalue weighted by atomic mass is 16.6. The molecule has 3 aliphatic rings. The van der Waals surface area contributed by atoms with Crippen LogP contribution in [-0.2, 0) is 19.1 Å². The summed E-state index contributed by atoms with van der Waals surface area (Å²) in [6.45, 7) is 5.94. The lowest BCUT2D eigenvalue weighted by atomic mass is 9.76. The maximum absolute atomic E-state index is 12.9. The van der Waals surface area contributed by atoms with Crippen LogP contribution in [0.15, 0.2) is 11.6 Å². The number of hydrogen-bond acceptors (Lipinski definition) is 5. The lowest BCUT2D eigenvalue weighted by Crippen LogP contribution is -2.46. The molecular weight excluding hydrogens is 306 g/mol. The van der Waals surface area contributed by atoms with E-state index in [9.17, 15) is 9.59 Å². The highest BCUT2D eigenvalue weighted by molar-refractivity contribution is 5.83. The Balaban J connectivity index is 1.72. The molecule has 2 bridgehead atoms. The average molecular weight is 335 g/mol. The summed E-state index contributed by atoms with van der Waals surface area (Å²) in [5.41, 5.74) is 0.798. The van der Waals surface area contributed by atoms with Crippen LogP contribution in [0.3, 0.4) is 0 Å². The molecule has 5 nitrogen and oxygen atoms in total. The zero-order chi connectivity index (χ0) is 17.3. The molecule has 3 unspecified atom stereocenters. The summed E-state index contributed by atoms with van der Waals surface area (Å²) in [7, 11) is 1.40. The van der Waals surface area contributed by atoms with Crippen molar-refractivity contribution >= 4 is 11.9 Å². The fraction of sp³-hybridized carbons (Fsp3) is 0.789. The van der Waals surface area contributed by atoms with Crippen LogP contribution < -0.4 is 5.32 Å². The minimum absolute atomic E-state index is 0.126. The van der Waals surface area contributed by atoms with Crippen LogP contribution >= 0.6 is 0 Å². The van der Waals surface area contributed by atoms with Crippen molar-refractivity contribution in [1.29, 1.82) is 0 Å². The van der Waals surface area contributed by atoms with Crippen molar-refractivity contribution in [2.24, 2.45) is 23.7 Å². The lowest BCUT2D eigenvalue weighted by Gasteiger charge is -2.39. The summed E-state index contributed by atoms with van der Waals surface area (Å²) in [5, 5.41) is 3.34. The Kier molecular flexibility index (Phi) is 5.00. The quantitative estimate of drug-likeness (QED) is 0.631. The number of ether oxygens (including phenoxy) is 2. The Morgan fingerprint density at radius 3 is 2.54 bits per heavy atom. The molecule has 1 N–H and O–H groups in total. The van der Waals surface area contributed by atoms with E-state index in [1.165, 1.54) is 12.7 Å². The number of rotatable bonds is 4. The van der Waals surface area contributed by atoms with Crippen LogP contribution in [0.25, 0.3) is 0 Å². The SMILES string of the molecule is COC(=O)C1C2C=C(CC2)CC1C(=O)OC(C)(C)C1CCNCC1. The van der Waals surface area contributed by atoms with Crippen molar-refractivity contribution in [3.63, 3.8) is 0 Å². The molecule has 0 amide bonds. The van der Waals surface area contributed by atoms with E-state index in [0.717, 1.165) is 38.8 Å². The van der Waals surface area contributed by atoms with Gasteiger partial charge in [0.1, 0.15) is 5.60 Å². The number of hydrogen-bond donors (Lipinski definition) is 1. The molecule has 0 spiro atoms. The molecule has 0 aromatic carbocycles. The van der Waals surface area contributed by atoms with Gasteiger partial charge in [-0.15, -0.1) is 0 Å². The molecule has 2 aliphatic carbocycles. The van der Waals surface area contributed by atoms with E-state index in [1.54, 1.807) is 0 Å². The van der Waals surface area contributed by atoms with Gasteiger partial charge in [0.2, 0.25) is 0 Å². The molecule has 0 aromatic rings. The van der Waals surface area contributed by atoms with Crippen LogP contribution in [0.5, 0.6) is 0 Å². The number of piperidine rings is 1. The zero-order valence-electron chi connectivity index (χ0n) is 15.0. The first-order chi connectivity index (χ1) is 11.4. The summed E-state index contributed by atoms with van der Waals surface area (Å²) < 4.78 is 10.9. The molecule has 3 atom stereocenters. The molecule has 0 saturated carbocycles. The summed E-state index contributed by atoms with van der Waals surface area (Å²) in [5.74, 6) is -0.812. The van der Waals surface area contributed by atoms with E-state index in [-0.39, 0.29) is 17.9 Å². The largest absolute Gasteiger partial charge is 0.469 e. The monoisotopic (exact) mass is 335 g/mol. The van der Waals surface area contributed by atoms with Crippen molar-refractivity contribution in [1.82, 2.24) is 5.32 Å². The second-order valence-corrected chi connectivity index (χ2v) is 7.94. The van der Waals surface area contributed by atoms with E-state index in [0.29, 0.717) is 12.3 Å². The molecule has 24 heavy (non-hydrogen) atoms. The van der Waals surface area contributed by atoms with Crippen molar-refractivity contribution in [2.75, 3.05) is 20.2 Å². The Morgan fingerprint density at radius 1 is 1.17 bits per heavy atom. The van der Waals surface area contributed by atoms with Crippen molar-refractivity contribution in [3.8, 4) is 0 Å². The topological polar surface area (TPSA) is 64.6 Å². The number of esters is 2. The van der Waals surface area contributed by atoms with Gasteiger partial charge in [0.05, 0.1) is 18.9 Å². The van der Waals surface area contributed by atoms with Crippen molar-refractivity contribution < 1.29 is 19.1 Å². The second kappa shape index (κ2) is 6.87. The average Bonchev–Trinajstić information content (AvgIpc) is 2.95. The number of nitrogens with one attached hydrogen (secondary N) is 1. The Labute approximate surface area is 144 Å². The van der Waals surface area contributed by atoms with Gasteiger partial charge in [-0.05, 0) is 65.0 Å². The van der Waals surface area contributed by atoms with E-state index in [2.05, 4.69) is 11.4 Å². The molecule has 1 fully saturated rings. The minimum Gasteiger partial charge on any atom is -0.469 e. The molecule has 0 radical (unpaired) electrons. The van der Waals surface area contributed by atoms with Gasteiger partial charge in [0.15, 0.2) is 0 Å². The van der Waals surface area contributed by atoms with E-state index < -0.39 is 17.4 Å². The number of carbonyl (C=O) groups is 2. The standard InChI is InChI=1S/C19H29NO4/c1-19(2,14-6-8-20-9-7-14)24-17(21)15-11-12-4-5-13(10-12)16(15)18(22)23-3/h10,13-16,20H,4-9,11H2,1-3H3. The fourth-order valence-electron chi connectivity index (χ4n) is 4.62. The minimum atomic E-state index is -0.495. The van der Waals surface area contributed by atoms with Gasteiger partial charge in [0, 0.05) is 5.92 Å². The molecule has 134 valence electrons. The lowest BCUT2D eigenvalue weighted by molar-refractivity contribution is -0.175. The smallest absolute Gasteiger partial charge is 0.310 e. The van der Waals surface area contributed by atoms with E-state index in [1.807, 2.05) is 13.8 Å². The maximum atomic E-state index is 12.9. The van der Waals surface area contributed by atoms with Crippen LogP contribution in [-0.4, -0.2) is 37.7 Å². The third-order valence-electron chi connectivity index (χ3n) is 6.09. The normalized spacial score (nSPS) is 30.6. The first-order valence-electron chi connectivity index (χ1n) is 9.13. The van der Waals surface area contributed by atoms with Gasteiger partial charge in [0.25, 0.3) is 0 Å². The van der Waals surface area contributed by atoms with E-state index >= 15 is 0 Å². The molecule has 0 aromatic heterocycles. The number of fused-ring (bicyclic) bond motifs is 1. The van der Waals surface area contributed by atoms with E-state index in [4.69, 9.17) is 9.47 Å². The molecule has 1 saturated heterocycles. The Hall–Kier alpha value is -1.36. The van der Waals surface area contributed by atoms with Crippen molar-refractivity contribution in [3.05, 3.63) is 11.6 Å². The second-order valence-electron chi connectivity index (χ2n) is 7.94. The summed E-state index contributed by atoms with van der Waals surface area (Å²) in [6, 6.07) is 0. The maximum Gasteiger partial charge on any atom is 0.310 e. The van der Waals surface area contributed by atoms with Crippen LogP contribution in [0.2, 0.25) is 0 Å². The van der Waals surface area contributed by atoms with Gasteiger partial charge < -0.3 is 14.8 Å². The third-order valence-corrected chi connectivity index (χ3v) is 6.09. The van der Waals surface area contributed by atoms with Crippen LogP contribution in [0.4, 0.5) is 0 Å². The first-order valence-corrected chi connectivity index (χ1v) is 9.13. The van der Waals surface area contributed by atoms with Gasteiger partial charge in [-0.1, -0.05) is 11.6 Å². The van der Waals surface area contributed by atoms with Gasteiger partial charge in [-0.25, -0.2) is 0 Å². The fourth-order valence-corrected chi connectivity index (χ4v) is 4.62. The molecule has 5 heteroatoms. The predicted molar refractivity (Wildman–Crippen MR) is 90.2 cm³/mol. The number of carbonyl (C=O) groups excluding carboxylic acids is 2. The van der Waals surface area contributed by atoms with Crippen LogP contribution in [0.1, 0.15) is 46.0 Å². The van der Waals surface area contributed by atoms with Crippen LogP contribution in [0, 0.1) is 23.7 Å². The summed E-state index contributed by atoms with van der Waals surface area (Å²) >= 11 is 0. The predicted octanol–water partition coefficient (Wildman–Crippen LogP) is 2.45. The van der Waals surface area contributed by atoms with Gasteiger partial charge in [-0.2, -0.15) is 0 Å². The first kappa shape index (κ1) is 17.5. The highest BCUT2D eigenvalue weighted by Gasteiger charge is 2.47.